The quantitative estimate of drug-likeness (QED) is 0.849. The Kier molecular flexibility index (Phi) is 3.49. The average molecular weight is 250 g/mol. The van der Waals surface area contributed by atoms with Gasteiger partial charge in [0.05, 0.1) is 21.4 Å². The molecule has 0 spiro atoms. The second-order valence-electron chi connectivity index (χ2n) is 3.53. The minimum absolute atomic E-state index is 0.279. The van der Waals surface area contributed by atoms with Gasteiger partial charge in [0.2, 0.25) is 0 Å². The monoisotopic (exact) mass is 250 g/mol. The molecule has 1 heterocycles. The number of nitrogens with zero attached hydrogens (tertiary/aromatic N) is 1. The molecule has 3 nitrogen and oxygen atoms in total. The molecule has 0 aliphatic heterocycles. The van der Waals surface area contributed by atoms with Crippen LogP contribution >= 0.6 is 0 Å². The van der Waals surface area contributed by atoms with Crippen LogP contribution < -0.4 is 5.73 Å². The maximum Gasteiger partial charge on any atom is 0.124 e. The highest BCUT2D eigenvalue weighted by Crippen LogP contribution is 2.20. The van der Waals surface area contributed by atoms with Crippen LogP contribution in [0.25, 0.3) is 0 Å². The number of benzene rings is 1. The van der Waals surface area contributed by atoms with E-state index in [4.69, 9.17) is 5.73 Å². The first-order valence-electron chi connectivity index (χ1n) is 4.99. The highest BCUT2D eigenvalue weighted by atomic mass is 32.2. The molecule has 0 saturated carbocycles. The lowest BCUT2D eigenvalue weighted by Crippen LogP contribution is -2.01. The molecular weight excluding hydrogens is 239 g/mol. The van der Waals surface area contributed by atoms with Crippen molar-refractivity contribution in [1.82, 2.24) is 4.98 Å². The Morgan fingerprint density at radius 2 is 2.18 bits per heavy atom. The van der Waals surface area contributed by atoms with Gasteiger partial charge in [0.25, 0.3) is 0 Å². The maximum atomic E-state index is 13.0. The second kappa shape index (κ2) is 5.05. The number of nitrogens with two attached hydrogens (primary N) is 1. The molecule has 17 heavy (non-hydrogen) atoms. The molecule has 88 valence electrons. The SMILES string of the molecule is Nc1ccc(F)cc1S(=O)Cc1cccnc1. The summed E-state index contributed by atoms with van der Waals surface area (Å²) in [7, 11) is -1.36. The molecule has 2 rings (SSSR count). The van der Waals surface area contributed by atoms with E-state index in [1.807, 2.05) is 6.07 Å². The van der Waals surface area contributed by atoms with Crippen molar-refractivity contribution >= 4 is 16.5 Å². The van der Waals surface area contributed by atoms with E-state index in [1.165, 1.54) is 18.2 Å². The van der Waals surface area contributed by atoms with E-state index in [1.54, 1.807) is 18.5 Å². The van der Waals surface area contributed by atoms with Crippen LogP contribution in [0.15, 0.2) is 47.6 Å². The zero-order chi connectivity index (χ0) is 12.3. The fourth-order valence-corrected chi connectivity index (χ4v) is 2.62. The summed E-state index contributed by atoms with van der Waals surface area (Å²) in [5.74, 6) is -0.157. The molecule has 0 amide bonds. The van der Waals surface area contributed by atoms with Crippen LogP contribution in [0.4, 0.5) is 10.1 Å². The molecule has 1 aromatic heterocycles. The van der Waals surface area contributed by atoms with Gasteiger partial charge in [0, 0.05) is 18.1 Å². The van der Waals surface area contributed by atoms with E-state index in [0.29, 0.717) is 10.6 Å². The molecule has 2 aromatic rings. The van der Waals surface area contributed by atoms with Gasteiger partial charge in [0.1, 0.15) is 5.82 Å². The van der Waals surface area contributed by atoms with Crippen LogP contribution in [0.1, 0.15) is 5.56 Å². The standard InChI is InChI=1S/C12H11FN2OS/c13-10-3-4-11(14)12(6-10)17(16)8-9-2-1-5-15-7-9/h1-7H,8,14H2. The Balaban J connectivity index is 2.23. The molecule has 0 fully saturated rings. The predicted molar refractivity (Wildman–Crippen MR) is 65.2 cm³/mol. The van der Waals surface area contributed by atoms with Crippen molar-refractivity contribution in [2.75, 3.05) is 5.73 Å². The minimum atomic E-state index is -1.36. The van der Waals surface area contributed by atoms with Crippen LogP contribution in [0.2, 0.25) is 0 Å². The third kappa shape index (κ3) is 2.88. The number of pyridine rings is 1. The average Bonchev–Trinajstić information content (AvgIpc) is 2.33. The van der Waals surface area contributed by atoms with E-state index >= 15 is 0 Å². The topological polar surface area (TPSA) is 56.0 Å². The van der Waals surface area contributed by atoms with E-state index < -0.39 is 16.6 Å². The zero-order valence-corrected chi connectivity index (χ0v) is 9.78. The van der Waals surface area contributed by atoms with Crippen molar-refractivity contribution in [2.24, 2.45) is 0 Å². The third-order valence-corrected chi connectivity index (χ3v) is 3.68. The lowest BCUT2D eigenvalue weighted by atomic mass is 10.3. The summed E-state index contributed by atoms with van der Waals surface area (Å²) in [6, 6.07) is 7.47. The zero-order valence-electron chi connectivity index (χ0n) is 8.97. The molecule has 0 bridgehead atoms. The summed E-state index contributed by atoms with van der Waals surface area (Å²) in [4.78, 5) is 4.26. The van der Waals surface area contributed by atoms with Crippen LogP contribution in [0, 0.1) is 5.82 Å². The molecule has 1 aromatic carbocycles. The Hall–Kier alpha value is -1.75. The normalized spacial score (nSPS) is 12.3. The minimum Gasteiger partial charge on any atom is -0.398 e. The van der Waals surface area contributed by atoms with Crippen molar-refractivity contribution in [2.45, 2.75) is 10.6 Å². The summed E-state index contributed by atoms with van der Waals surface area (Å²) in [6.45, 7) is 0. The molecule has 2 N–H and O–H groups in total. The molecular formula is C12H11FN2OS. The van der Waals surface area contributed by atoms with Gasteiger partial charge < -0.3 is 5.73 Å². The first-order valence-corrected chi connectivity index (χ1v) is 6.31. The first kappa shape index (κ1) is 11.7. The van der Waals surface area contributed by atoms with E-state index in [0.717, 1.165) is 5.56 Å². The highest BCUT2D eigenvalue weighted by molar-refractivity contribution is 7.84. The Bertz CT molecular complexity index is 545. The lowest BCUT2D eigenvalue weighted by Gasteiger charge is -2.05. The van der Waals surface area contributed by atoms with Crippen LogP contribution in [0.5, 0.6) is 0 Å². The molecule has 1 atom stereocenters. The lowest BCUT2D eigenvalue weighted by molar-refractivity contribution is 0.623. The van der Waals surface area contributed by atoms with Crippen molar-refractivity contribution in [3.05, 3.63) is 54.1 Å². The molecule has 0 aliphatic carbocycles. The number of rotatable bonds is 3. The van der Waals surface area contributed by atoms with Gasteiger partial charge in [-0.2, -0.15) is 0 Å². The van der Waals surface area contributed by atoms with Gasteiger partial charge in [-0.05, 0) is 29.8 Å². The second-order valence-corrected chi connectivity index (χ2v) is 4.95. The van der Waals surface area contributed by atoms with Gasteiger partial charge in [-0.1, -0.05) is 6.07 Å². The summed E-state index contributed by atoms with van der Waals surface area (Å²) >= 11 is 0. The smallest absolute Gasteiger partial charge is 0.124 e. The number of halogens is 1. The third-order valence-electron chi connectivity index (χ3n) is 2.24. The van der Waals surface area contributed by atoms with Crippen LogP contribution in [-0.4, -0.2) is 9.19 Å². The fraction of sp³-hybridized carbons (Fsp3) is 0.0833. The van der Waals surface area contributed by atoms with Crippen molar-refractivity contribution in [3.63, 3.8) is 0 Å². The Morgan fingerprint density at radius 1 is 1.35 bits per heavy atom. The number of hydrogen-bond donors (Lipinski definition) is 1. The summed E-state index contributed by atoms with van der Waals surface area (Å²) in [6.07, 6.45) is 3.27. The summed E-state index contributed by atoms with van der Waals surface area (Å²) in [5, 5.41) is 0. The maximum absolute atomic E-state index is 13.0. The van der Waals surface area contributed by atoms with Crippen molar-refractivity contribution in [1.29, 1.82) is 0 Å². The van der Waals surface area contributed by atoms with Crippen LogP contribution in [-0.2, 0) is 16.6 Å². The first-order chi connectivity index (χ1) is 8.16. The Morgan fingerprint density at radius 3 is 2.88 bits per heavy atom. The molecule has 5 heteroatoms. The van der Waals surface area contributed by atoms with Crippen molar-refractivity contribution in [3.8, 4) is 0 Å². The predicted octanol–water partition coefficient (Wildman–Crippen LogP) is 2.11. The van der Waals surface area contributed by atoms with Crippen LogP contribution in [0.3, 0.4) is 0 Å². The number of hydrogen-bond acceptors (Lipinski definition) is 3. The van der Waals surface area contributed by atoms with Gasteiger partial charge >= 0.3 is 0 Å². The van der Waals surface area contributed by atoms with Gasteiger partial charge in [0.15, 0.2) is 0 Å². The van der Waals surface area contributed by atoms with E-state index in [-0.39, 0.29) is 5.75 Å². The van der Waals surface area contributed by atoms with Crippen molar-refractivity contribution < 1.29 is 8.60 Å². The molecule has 0 aliphatic rings. The Labute approximate surface area is 101 Å². The van der Waals surface area contributed by atoms with E-state index in [9.17, 15) is 8.60 Å². The highest BCUT2D eigenvalue weighted by Gasteiger charge is 2.10. The summed E-state index contributed by atoms with van der Waals surface area (Å²) < 4.78 is 25.1. The van der Waals surface area contributed by atoms with Gasteiger partial charge in [-0.25, -0.2) is 4.39 Å². The van der Waals surface area contributed by atoms with Gasteiger partial charge in [-0.15, -0.1) is 0 Å². The molecule has 1 unspecified atom stereocenters. The summed E-state index contributed by atoms with van der Waals surface area (Å²) in [5.41, 5.74) is 6.84. The number of anilines is 1. The largest absolute Gasteiger partial charge is 0.398 e. The molecule has 0 radical (unpaired) electrons. The fourth-order valence-electron chi connectivity index (χ4n) is 1.42. The number of aromatic nitrogens is 1. The number of nitrogen functional groups attached to an aromatic ring is 1. The van der Waals surface area contributed by atoms with Gasteiger partial charge in [-0.3, -0.25) is 9.19 Å². The molecule has 0 saturated heterocycles. The van der Waals surface area contributed by atoms with E-state index in [2.05, 4.69) is 4.98 Å².